The summed E-state index contributed by atoms with van der Waals surface area (Å²) in [6.07, 6.45) is 1.96. The Hall–Kier alpha value is -2.27. The molecule has 1 N–H and O–H groups in total. The fourth-order valence-corrected chi connectivity index (χ4v) is 3.54. The molecule has 4 heteroatoms. The molecule has 1 aliphatic rings. The summed E-state index contributed by atoms with van der Waals surface area (Å²) in [5.74, 6) is 0. The number of fused-ring (bicyclic) bond motifs is 1. The fourth-order valence-electron chi connectivity index (χ4n) is 3.54. The predicted octanol–water partition coefficient (Wildman–Crippen LogP) is 3.49. The zero-order chi connectivity index (χ0) is 17.8. The number of aromatic nitrogens is 1. The highest BCUT2D eigenvalue weighted by Crippen LogP contribution is 2.25. The molecular formula is C22H25N3O. The van der Waals surface area contributed by atoms with Crippen LogP contribution < -0.4 is 5.32 Å². The minimum Gasteiger partial charge on any atom is -0.379 e. The average molecular weight is 347 g/mol. The molecule has 0 amide bonds. The third-order valence-corrected chi connectivity index (χ3v) is 5.13. The van der Waals surface area contributed by atoms with Gasteiger partial charge in [-0.15, -0.1) is 0 Å². The number of nitrogens with zero attached hydrogens (tertiary/aromatic N) is 2. The van der Waals surface area contributed by atoms with Crippen LogP contribution in [0, 0.1) is 0 Å². The van der Waals surface area contributed by atoms with Gasteiger partial charge in [-0.25, -0.2) is 0 Å². The minimum atomic E-state index is 0.330. The lowest BCUT2D eigenvalue weighted by Gasteiger charge is -2.30. The van der Waals surface area contributed by atoms with Gasteiger partial charge in [0, 0.05) is 42.8 Å². The van der Waals surface area contributed by atoms with E-state index in [0.29, 0.717) is 6.04 Å². The van der Waals surface area contributed by atoms with Crippen LogP contribution in [0.2, 0.25) is 0 Å². The quantitative estimate of drug-likeness (QED) is 0.767. The van der Waals surface area contributed by atoms with Crippen molar-refractivity contribution in [2.45, 2.75) is 6.04 Å². The zero-order valence-electron chi connectivity index (χ0n) is 15.2. The van der Waals surface area contributed by atoms with E-state index >= 15 is 0 Å². The normalized spacial score (nSPS) is 16.7. The lowest BCUT2D eigenvalue weighted by atomic mass is 10.0. The number of nitrogens with one attached hydrogen (secondary N) is 1. The lowest BCUT2D eigenvalue weighted by molar-refractivity contribution is 0.0338. The molecule has 0 saturated carbocycles. The Kier molecular flexibility index (Phi) is 5.25. The fraction of sp³-hybridized carbons (Fsp3) is 0.318. The first-order valence-electron chi connectivity index (χ1n) is 9.26. The van der Waals surface area contributed by atoms with E-state index in [-0.39, 0.29) is 0 Å². The summed E-state index contributed by atoms with van der Waals surface area (Å²) < 4.78 is 5.45. The van der Waals surface area contributed by atoms with Gasteiger partial charge in [-0.3, -0.25) is 9.88 Å². The third kappa shape index (κ3) is 3.78. The van der Waals surface area contributed by atoms with E-state index in [0.717, 1.165) is 43.9 Å². The van der Waals surface area contributed by atoms with E-state index in [1.165, 1.54) is 16.5 Å². The summed E-state index contributed by atoms with van der Waals surface area (Å²) in [6, 6.07) is 19.6. The molecule has 0 bridgehead atoms. The number of morpholine rings is 1. The molecule has 1 fully saturated rings. The molecule has 0 spiro atoms. The first-order valence-corrected chi connectivity index (χ1v) is 9.26. The molecule has 0 aliphatic carbocycles. The van der Waals surface area contributed by atoms with E-state index in [9.17, 15) is 0 Å². The molecular weight excluding hydrogens is 322 g/mol. The molecule has 1 atom stereocenters. The molecule has 3 aromatic rings. The number of rotatable bonds is 5. The van der Waals surface area contributed by atoms with Crippen LogP contribution in [0.5, 0.6) is 0 Å². The van der Waals surface area contributed by atoms with Gasteiger partial charge in [-0.05, 0) is 30.3 Å². The number of benzene rings is 2. The minimum absolute atomic E-state index is 0.330. The SMILES string of the molecule is CNC(CN1CCOCC1)c1ccc(-c2cnc3ccccc3c2)cc1. The summed E-state index contributed by atoms with van der Waals surface area (Å²) in [5.41, 5.74) is 4.71. The van der Waals surface area contributed by atoms with Crippen molar-refractivity contribution in [2.24, 2.45) is 0 Å². The number of likely N-dealkylation sites (N-methyl/N-ethyl adjacent to an activating group) is 1. The Bertz CT molecular complexity index is 857. The summed E-state index contributed by atoms with van der Waals surface area (Å²) in [6.45, 7) is 4.71. The Morgan fingerprint density at radius 3 is 2.58 bits per heavy atom. The van der Waals surface area contributed by atoms with Crippen molar-refractivity contribution in [3.05, 3.63) is 66.4 Å². The van der Waals surface area contributed by atoms with Gasteiger partial charge in [0.2, 0.25) is 0 Å². The molecule has 4 rings (SSSR count). The van der Waals surface area contributed by atoms with Gasteiger partial charge in [0.1, 0.15) is 0 Å². The first-order chi connectivity index (χ1) is 12.8. The van der Waals surface area contributed by atoms with Crippen molar-refractivity contribution < 1.29 is 4.74 Å². The Labute approximate surface area is 154 Å². The number of hydrogen-bond acceptors (Lipinski definition) is 4. The largest absolute Gasteiger partial charge is 0.379 e. The maximum absolute atomic E-state index is 5.45. The van der Waals surface area contributed by atoms with Crippen LogP contribution >= 0.6 is 0 Å². The van der Waals surface area contributed by atoms with E-state index in [1.54, 1.807) is 0 Å². The van der Waals surface area contributed by atoms with Gasteiger partial charge in [0.15, 0.2) is 0 Å². The molecule has 26 heavy (non-hydrogen) atoms. The number of pyridine rings is 1. The molecule has 2 aromatic carbocycles. The van der Waals surface area contributed by atoms with E-state index < -0.39 is 0 Å². The molecule has 134 valence electrons. The van der Waals surface area contributed by atoms with Crippen molar-refractivity contribution in [2.75, 3.05) is 39.9 Å². The summed E-state index contributed by atoms with van der Waals surface area (Å²) >= 11 is 0. The van der Waals surface area contributed by atoms with Crippen LogP contribution in [0.4, 0.5) is 0 Å². The lowest BCUT2D eigenvalue weighted by Crippen LogP contribution is -2.41. The van der Waals surface area contributed by atoms with Crippen LogP contribution in [-0.2, 0) is 4.74 Å². The first kappa shape index (κ1) is 17.2. The molecule has 1 saturated heterocycles. The van der Waals surface area contributed by atoms with Crippen molar-refractivity contribution in [1.29, 1.82) is 0 Å². The van der Waals surface area contributed by atoms with Crippen LogP contribution in [-0.4, -0.2) is 49.8 Å². The van der Waals surface area contributed by atoms with Crippen molar-refractivity contribution in [3.8, 4) is 11.1 Å². The average Bonchev–Trinajstić information content (AvgIpc) is 2.72. The maximum atomic E-state index is 5.45. The second-order valence-electron chi connectivity index (χ2n) is 6.79. The molecule has 1 unspecified atom stereocenters. The van der Waals surface area contributed by atoms with Crippen molar-refractivity contribution in [1.82, 2.24) is 15.2 Å². The number of ether oxygens (including phenoxy) is 1. The number of para-hydroxylation sites is 1. The molecule has 4 nitrogen and oxygen atoms in total. The zero-order valence-corrected chi connectivity index (χ0v) is 15.2. The third-order valence-electron chi connectivity index (χ3n) is 5.13. The van der Waals surface area contributed by atoms with Gasteiger partial charge in [0.25, 0.3) is 0 Å². The van der Waals surface area contributed by atoms with Crippen molar-refractivity contribution >= 4 is 10.9 Å². The van der Waals surface area contributed by atoms with Gasteiger partial charge < -0.3 is 10.1 Å². The predicted molar refractivity (Wildman–Crippen MR) is 106 cm³/mol. The van der Waals surface area contributed by atoms with Crippen molar-refractivity contribution in [3.63, 3.8) is 0 Å². The van der Waals surface area contributed by atoms with E-state index in [2.05, 4.69) is 57.7 Å². The van der Waals surface area contributed by atoms with Gasteiger partial charge in [0.05, 0.1) is 18.7 Å². The second kappa shape index (κ2) is 7.96. The van der Waals surface area contributed by atoms with Gasteiger partial charge in [-0.2, -0.15) is 0 Å². The van der Waals surface area contributed by atoms with Gasteiger partial charge >= 0.3 is 0 Å². The maximum Gasteiger partial charge on any atom is 0.0702 e. The van der Waals surface area contributed by atoms with Gasteiger partial charge in [-0.1, -0.05) is 42.5 Å². The number of hydrogen-bond donors (Lipinski definition) is 1. The Morgan fingerprint density at radius 1 is 1.04 bits per heavy atom. The van der Waals surface area contributed by atoms with Crippen LogP contribution in [0.15, 0.2) is 60.8 Å². The standard InChI is InChI=1S/C22H25N3O/c1-23-22(16-25-10-12-26-13-11-25)18-8-6-17(7-9-18)20-14-19-4-2-3-5-21(19)24-15-20/h2-9,14-15,22-23H,10-13,16H2,1H3. The summed E-state index contributed by atoms with van der Waals surface area (Å²) in [7, 11) is 2.03. The molecule has 0 radical (unpaired) electrons. The Morgan fingerprint density at radius 2 is 1.81 bits per heavy atom. The highest BCUT2D eigenvalue weighted by Gasteiger charge is 2.17. The monoisotopic (exact) mass is 347 g/mol. The highest BCUT2D eigenvalue weighted by atomic mass is 16.5. The second-order valence-corrected chi connectivity index (χ2v) is 6.79. The molecule has 1 aromatic heterocycles. The smallest absolute Gasteiger partial charge is 0.0702 e. The molecule has 2 heterocycles. The molecule has 1 aliphatic heterocycles. The Balaban J connectivity index is 1.52. The van der Waals surface area contributed by atoms with E-state index in [4.69, 9.17) is 4.74 Å². The summed E-state index contributed by atoms with van der Waals surface area (Å²) in [4.78, 5) is 7.04. The van der Waals surface area contributed by atoms with Crippen LogP contribution in [0.1, 0.15) is 11.6 Å². The van der Waals surface area contributed by atoms with Crippen LogP contribution in [0.25, 0.3) is 22.0 Å². The van der Waals surface area contributed by atoms with Crippen LogP contribution in [0.3, 0.4) is 0 Å². The highest BCUT2D eigenvalue weighted by molar-refractivity contribution is 5.83. The topological polar surface area (TPSA) is 37.4 Å². The summed E-state index contributed by atoms with van der Waals surface area (Å²) in [5, 5.41) is 4.63. The van der Waals surface area contributed by atoms with E-state index in [1.807, 2.05) is 25.4 Å².